The monoisotopic (exact) mass is 604 g/mol. The van der Waals surface area contributed by atoms with Crippen molar-refractivity contribution in [1.29, 1.82) is 0 Å². The molecule has 0 heterocycles. The zero-order chi connectivity index (χ0) is 24.4. The van der Waals surface area contributed by atoms with E-state index in [9.17, 15) is 0 Å². The zero-order valence-electron chi connectivity index (χ0n) is 23.1. The van der Waals surface area contributed by atoms with Crippen molar-refractivity contribution in [2.45, 2.75) is 67.8 Å². The van der Waals surface area contributed by atoms with Gasteiger partial charge < -0.3 is 0 Å². The molecule has 0 radical (unpaired) electrons. The van der Waals surface area contributed by atoms with Gasteiger partial charge in [-0.2, -0.15) is 0 Å². The Kier molecular flexibility index (Phi) is 8.95. The van der Waals surface area contributed by atoms with Crippen LogP contribution in [0, 0.1) is 11.3 Å². The summed E-state index contributed by atoms with van der Waals surface area (Å²) in [5.41, 5.74) is 12.5. The van der Waals surface area contributed by atoms with Crippen molar-refractivity contribution in [3.63, 3.8) is 0 Å². The van der Waals surface area contributed by atoms with Gasteiger partial charge in [0.15, 0.2) is 0 Å². The van der Waals surface area contributed by atoms with E-state index >= 15 is 0 Å². The van der Waals surface area contributed by atoms with E-state index in [2.05, 4.69) is 119 Å². The first-order chi connectivity index (χ1) is 15.2. The fourth-order valence-electron chi connectivity index (χ4n) is 7.04. The van der Waals surface area contributed by atoms with Crippen molar-refractivity contribution in [2.75, 3.05) is 0 Å². The van der Waals surface area contributed by atoms with Gasteiger partial charge in [0, 0.05) is 0 Å². The van der Waals surface area contributed by atoms with E-state index in [4.69, 9.17) is 0 Å². The minimum absolute atomic E-state index is 0. The van der Waals surface area contributed by atoms with Crippen LogP contribution in [0.4, 0.5) is 0 Å². The van der Waals surface area contributed by atoms with E-state index < -0.39 is 17.4 Å². The molecular weight excluding hydrogens is 563 g/mol. The fraction of sp³-hybridized carbons (Fsp3) is 0.419. The van der Waals surface area contributed by atoms with Gasteiger partial charge in [0.1, 0.15) is 0 Å². The number of hydrogen-bond acceptors (Lipinski definition) is 0. The molecule has 2 aromatic rings. The Labute approximate surface area is 229 Å². The van der Waals surface area contributed by atoms with Gasteiger partial charge in [0.2, 0.25) is 0 Å². The molecule has 0 nitrogen and oxygen atoms in total. The van der Waals surface area contributed by atoms with Crippen molar-refractivity contribution in [1.82, 2.24) is 0 Å². The molecule has 2 aliphatic rings. The summed E-state index contributed by atoms with van der Waals surface area (Å²) < 4.78 is 7.90. The number of fused-ring (bicyclic) bond motifs is 1. The number of benzene rings is 2. The Morgan fingerprint density at radius 2 is 1.46 bits per heavy atom. The van der Waals surface area contributed by atoms with E-state index in [-0.39, 0.29) is 30.2 Å². The summed E-state index contributed by atoms with van der Waals surface area (Å²) in [5, 5.41) is 0. The van der Waals surface area contributed by atoms with Crippen molar-refractivity contribution < 1.29 is 17.4 Å². The quantitative estimate of drug-likeness (QED) is 0.304. The van der Waals surface area contributed by atoms with Crippen LogP contribution in [0.15, 0.2) is 74.1 Å². The number of rotatable bonds is 4. The molecule has 0 aromatic heterocycles. The predicted molar refractivity (Wildman–Crippen MR) is 162 cm³/mol. The zero-order valence-corrected chi connectivity index (χ0v) is 28.6. The maximum absolute atomic E-state index is 3.44. The van der Waals surface area contributed by atoms with E-state index in [0.717, 1.165) is 6.42 Å². The van der Waals surface area contributed by atoms with Crippen LogP contribution >= 0.6 is 24.8 Å². The van der Waals surface area contributed by atoms with E-state index in [0.29, 0.717) is 9.54 Å². The molecule has 0 saturated heterocycles. The van der Waals surface area contributed by atoms with Gasteiger partial charge in [-0.05, 0) is 0 Å². The molecule has 0 fully saturated rings. The number of halogens is 2. The molecular formula is C31H44Cl2SiZr. The molecule has 35 heavy (non-hydrogen) atoms. The standard InChI is InChI=1S/C20H21.C9H13.2CH3.2ClH.H2Si.Zr/c1-20(2,3)14-15-12-17-10-7-11-18(19(17)13-15)16-8-5-4-6-9-16;1-6-5-7(2)9(4)8(6)3;;;;;;/h4-13H,14H2,1-3H3;6H,1-4H3;2*1H3;2*1H;1H2;. The van der Waals surface area contributed by atoms with Gasteiger partial charge in [0.05, 0.1) is 0 Å². The molecule has 2 atom stereocenters. The molecule has 4 rings (SSSR count). The van der Waals surface area contributed by atoms with Crippen molar-refractivity contribution in [2.24, 2.45) is 11.3 Å². The second kappa shape index (κ2) is 10.2. The summed E-state index contributed by atoms with van der Waals surface area (Å²) in [6.45, 7) is 19.3. The number of allylic oxidation sites excluding steroid dienone is 5. The first kappa shape index (κ1) is 30.6. The van der Waals surface area contributed by atoms with Gasteiger partial charge in [-0.25, -0.2) is 0 Å². The van der Waals surface area contributed by atoms with Crippen LogP contribution in [-0.2, 0) is 17.4 Å². The van der Waals surface area contributed by atoms with Crippen LogP contribution in [0.1, 0.15) is 69.6 Å². The third kappa shape index (κ3) is 5.34. The first-order valence-corrected chi connectivity index (χ1v) is 26.0. The molecule has 2 unspecified atom stereocenters. The van der Waals surface area contributed by atoms with Gasteiger partial charge in [0.25, 0.3) is 0 Å². The van der Waals surface area contributed by atoms with Crippen molar-refractivity contribution >= 4 is 37.8 Å². The Morgan fingerprint density at radius 1 is 0.857 bits per heavy atom. The Morgan fingerprint density at radius 3 is 1.97 bits per heavy atom. The summed E-state index contributed by atoms with van der Waals surface area (Å²) in [6, 6.07) is 18.1. The Hall–Kier alpha value is -0.660. The van der Waals surface area contributed by atoms with E-state index in [1.54, 1.807) is 27.9 Å². The molecule has 0 amide bonds. The molecule has 0 saturated carbocycles. The maximum Gasteiger partial charge on any atom is -0.147 e. The van der Waals surface area contributed by atoms with Crippen molar-refractivity contribution in [3.05, 3.63) is 85.2 Å². The largest absolute Gasteiger partial charge is 0.147 e. The molecule has 190 valence electrons. The van der Waals surface area contributed by atoms with Crippen LogP contribution in [-0.4, -0.2) is 6.88 Å². The molecule has 0 N–H and O–H groups in total. The van der Waals surface area contributed by atoms with Gasteiger partial charge in [-0.3, -0.25) is 0 Å². The second-order valence-corrected chi connectivity index (χ2v) is 42.4. The average Bonchev–Trinajstić information content (AvgIpc) is 3.18. The van der Waals surface area contributed by atoms with Crippen molar-refractivity contribution in [3.8, 4) is 11.1 Å². The third-order valence-electron chi connectivity index (χ3n) is 8.42. The molecule has 2 aromatic carbocycles. The van der Waals surface area contributed by atoms with Crippen LogP contribution in [0.5, 0.6) is 0 Å². The Bertz CT molecular complexity index is 1280. The summed E-state index contributed by atoms with van der Waals surface area (Å²) >= 11 is -3.44. The Balaban J connectivity index is 0.00000216. The van der Waals surface area contributed by atoms with Crippen LogP contribution < -0.4 is 0 Å². The third-order valence-corrected chi connectivity index (χ3v) is 25.7. The summed E-state index contributed by atoms with van der Waals surface area (Å²) in [5.74, 6) is 0.584. The predicted octanol–water partition coefficient (Wildman–Crippen LogP) is 9.67. The van der Waals surface area contributed by atoms with Gasteiger partial charge >= 0.3 is 206 Å². The number of hydrogen-bond donors (Lipinski definition) is 0. The minimum atomic E-state index is -3.44. The maximum atomic E-state index is 2.74. The fourth-order valence-corrected chi connectivity index (χ4v) is 28.0. The van der Waals surface area contributed by atoms with Gasteiger partial charge in [-0.1, -0.05) is 0 Å². The molecule has 0 aliphatic heterocycles. The van der Waals surface area contributed by atoms with Crippen LogP contribution in [0.2, 0.25) is 9.26 Å². The SMILES string of the molecule is CC1=C(C)C(C)[C]([Zr]([CH3])([CH3])(=[SiH2])[CH]2C(CC(C)(C)C)=Cc3c(-c4ccccc4)cccc32)=C1C.Cl.Cl. The molecule has 4 heteroatoms. The molecule has 2 aliphatic carbocycles. The first-order valence-electron chi connectivity index (χ1n) is 12.6. The van der Waals surface area contributed by atoms with E-state index in [1.807, 2.05) is 3.28 Å². The molecule has 0 spiro atoms. The van der Waals surface area contributed by atoms with E-state index in [1.165, 1.54) is 16.7 Å². The second-order valence-electron chi connectivity index (χ2n) is 12.9. The summed E-state index contributed by atoms with van der Waals surface area (Å²) in [4.78, 5) is 0. The summed E-state index contributed by atoms with van der Waals surface area (Å²) in [7, 11) is 0. The van der Waals surface area contributed by atoms with Gasteiger partial charge in [-0.15, -0.1) is 24.8 Å². The molecule has 0 bridgehead atoms. The smallest absolute Gasteiger partial charge is 0.147 e. The average molecular weight is 607 g/mol. The van der Waals surface area contributed by atoms with Crippen LogP contribution in [0.25, 0.3) is 17.2 Å². The normalized spacial score (nSPS) is 20.3. The topological polar surface area (TPSA) is 0 Å². The van der Waals surface area contributed by atoms with Crippen LogP contribution in [0.3, 0.4) is 0 Å². The summed E-state index contributed by atoms with van der Waals surface area (Å²) in [6.07, 6.45) is 3.76. The minimum Gasteiger partial charge on any atom is -0.147 e.